The first-order chi connectivity index (χ1) is 7.06. The van der Waals surface area contributed by atoms with Gasteiger partial charge in [0.05, 0.1) is 10.5 Å². The lowest BCUT2D eigenvalue weighted by molar-refractivity contribution is -0.385. The van der Waals surface area contributed by atoms with Gasteiger partial charge in [-0.1, -0.05) is 0 Å². The number of rotatable bonds is 4. The summed E-state index contributed by atoms with van der Waals surface area (Å²) in [5.41, 5.74) is 4.76. The number of carbonyl (C=O) groups is 1. The molecular weight excluding hydrogens is 200 g/mol. The van der Waals surface area contributed by atoms with Crippen molar-refractivity contribution >= 4 is 11.5 Å². The number of hydrogen-bond donors (Lipinski definition) is 2. The molecule has 0 heterocycles. The molecule has 80 valence electrons. The number of nitrogens with two attached hydrogens (primary N) is 1. The highest BCUT2D eigenvalue weighted by molar-refractivity contribution is 6.00. The average molecular weight is 210 g/mol. The monoisotopic (exact) mass is 210 g/mol. The van der Waals surface area contributed by atoms with Crippen LogP contribution < -0.4 is 5.73 Å². The van der Waals surface area contributed by atoms with E-state index in [4.69, 9.17) is 10.8 Å². The van der Waals surface area contributed by atoms with Crippen molar-refractivity contribution < 1.29 is 14.8 Å². The van der Waals surface area contributed by atoms with Gasteiger partial charge in [0.15, 0.2) is 5.78 Å². The van der Waals surface area contributed by atoms with Crippen molar-refractivity contribution in [3.8, 4) is 5.75 Å². The summed E-state index contributed by atoms with van der Waals surface area (Å²) in [6, 6.07) is 3.34. The Balaban J connectivity index is 3.18. The first-order valence-electron chi connectivity index (χ1n) is 4.27. The van der Waals surface area contributed by atoms with Crippen LogP contribution >= 0.6 is 0 Å². The van der Waals surface area contributed by atoms with Crippen LogP contribution in [0.1, 0.15) is 16.8 Å². The molecule has 6 heteroatoms. The van der Waals surface area contributed by atoms with Crippen molar-refractivity contribution in [2.24, 2.45) is 5.73 Å². The minimum atomic E-state index is -0.664. The van der Waals surface area contributed by atoms with Crippen molar-refractivity contribution in [3.05, 3.63) is 33.9 Å². The van der Waals surface area contributed by atoms with E-state index >= 15 is 0 Å². The van der Waals surface area contributed by atoms with Crippen molar-refractivity contribution in [1.29, 1.82) is 0 Å². The molecule has 15 heavy (non-hydrogen) atoms. The number of ketones is 1. The van der Waals surface area contributed by atoms with E-state index in [1.165, 1.54) is 0 Å². The number of benzene rings is 1. The molecule has 1 aromatic rings. The molecular formula is C9H10N2O4. The summed E-state index contributed by atoms with van der Waals surface area (Å²) in [5.74, 6) is -0.624. The van der Waals surface area contributed by atoms with Crippen molar-refractivity contribution in [1.82, 2.24) is 0 Å². The van der Waals surface area contributed by atoms with Gasteiger partial charge in [-0.05, 0) is 18.7 Å². The number of nitrogens with zero attached hydrogens (tertiary/aromatic N) is 1. The number of aromatic hydroxyl groups is 1. The van der Waals surface area contributed by atoms with E-state index in [0.29, 0.717) is 0 Å². The lowest BCUT2D eigenvalue weighted by Crippen LogP contribution is -2.10. The molecule has 0 fully saturated rings. The summed E-state index contributed by atoms with van der Waals surface area (Å²) in [4.78, 5) is 21.3. The second-order valence-electron chi connectivity index (χ2n) is 2.92. The van der Waals surface area contributed by atoms with Crippen molar-refractivity contribution in [2.75, 3.05) is 6.54 Å². The third-order valence-corrected chi connectivity index (χ3v) is 1.85. The van der Waals surface area contributed by atoms with Crippen molar-refractivity contribution in [2.45, 2.75) is 6.42 Å². The quantitative estimate of drug-likeness (QED) is 0.435. The summed E-state index contributed by atoms with van der Waals surface area (Å²) >= 11 is 0. The average Bonchev–Trinajstić information content (AvgIpc) is 2.17. The number of nitro groups is 1. The SMILES string of the molecule is NCCC(=O)c1cc(O)ccc1[N+](=O)[O-]. The van der Waals surface area contributed by atoms with Gasteiger partial charge < -0.3 is 10.8 Å². The van der Waals surface area contributed by atoms with Crippen LogP contribution in [-0.2, 0) is 0 Å². The molecule has 0 aliphatic carbocycles. The highest BCUT2D eigenvalue weighted by atomic mass is 16.6. The van der Waals surface area contributed by atoms with Gasteiger partial charge in [-0.25, -0.2) is 0 Å². The molecule has 0 aliphatic rings. The molecule has 0 bridgehead atoms. The fraction of sp³-hybridized carbons (Fsp3) is 0.222. The molecule has 0 saturated heterocycles. The van der Waals surface area contributed by atoms with Crippen LogP contribution in [0.5, 0.6) is 5.75 Å². The lowest BCUT2D eigenvalue weighted by atomic mass is 10.1. The standard InChI is InChI=1S/C9H10N2O4/c10-4-3-9(13)7-5-6(12)1-2-8(7)11(14)15/h1-2,5,12H,3-4,10H2. The van der Waals surface area contributed by atoms with Gasteiger partial charge in [-0.3, -0.25) is 14.9 Å². The van der Waals surface area contributed by atoms with Crippen LogP contribution in [0.4, 0.5) is 5.69 Å². The number of carbonyl (C=O) groups excluding carboxylic acids is 1. The molecule has 0 radical (unpaired) electrons. The predicted molar refractivity (Wildman–Crippen MR) is 52.8 cm³/mol. The molecule has 0 amide bonds. The highest BCUT2D eigenvalue weighted by Gasteiger charge is 2.19. The molecule has 6 nitrogen and oxygen atoms in total. The Morgan fingerprint density at radius 1 is 1.53 bits per heavy atom. The zero-order chi connectivity index (χ0) is 11.4. The summed E-state index contributed by atoms with van der Waals surface area (Å²) in [7, 11) is 0. The van der Waals surface area contributed by atoms with Crippen molar-refractivity contribution in [3.63, 3.8) is 0 Å². The van der Waals surface area contributed by atoms with Crippen LogP contribution in [0, 0.1) is 10.1 Å². The van der Waals surface area contributed by atoms with Crippen LogP contribution in [0.2, 0.25) is 0 Å². The smallest absolute Gasteiger partial charge is 0.280 e. The van der Waals surface area contributed by atoms with Crippen LogP contribution in [-0.4, -0.2) is 22.4 Å². The normalized spacial score (nSPS) is 9.93. The molecule has 0 aliphatic heterocycles. The molecule has 3 N–H and O–H groups in total. The largest absolute Gasteiger partial charge is 0.508 e. The first kappa shape index (κ1) is 11.1. The van der Waals surface area contributed by atoms with Gasteiger partial charge in [0.1, 0.15) is 5.75 Å². The summed E-state index contributed by atoms with van der Waals surface area (Å²) in [6.07, 6.45) is 0.0181. The number of phenolic OH excluding ortho intramolecular Hbond substituents is 1. The number of phenols is 1. The number of Topliss-reactive ketones (excluding diaryl/α,β-unsaturated/α-hetero) is 1. The van der Waals surface area contributed by atoms with Gasteiger partial charge in [-0.2, -0.15) is 0 Å². The molecule has 0 spiro atoms. The van der Waals surface area contributed by atoms with Crippen LogP contribution in [0.15, 0.2) is 18.2 Å². The molecule has 1 rings (SSSR count). The van der Waals surface area contributed by atoms with Crippen LogP contribution in [0.3, 0.4) is 0 Å². The van der Waals surface area contributed by atoms with Gasteiger partial charge in [0.2, 0.25) is 0 Å². The van der Waals surface area contributed by atoms with E-state index in [0.717, 1.165) is 18.2 Å². The minimum absolute atomic E-state index is 0.0181. The van der Waals surface area contributed by atoms with Gasteiger partial charge in [-0.15, -0.1) is 0 Å². The summed E-state index contributed by atoms with van der Waals surface area (Å²) < 4.78 is 0. The summed E-state index contributed by atoms with van der Waals surface area (Å²) in [5, 5.41) is 19.7. The predicted octanol–water partition coefficient (Wildman–Crippen LogP) is 0.832. The third-order valence-electron chi connectivity index (χ3n) is 1.85. The maximum atomic E-state index is 11.4. The number of nitro benzene ring substituents is 1. The summed E-state index contributed by atoms with van der Waals surface area (Å²) in [6.45, 7) is 0.117. The maximum absolute atomic E-state index is 11.4. The maximum Gasteiger partial charge on any atom is 0.280 e. The first-order valence-corrected chi connectivity index (χ1v) is 4.27. The van der Waals surface area contributed by atoms with E-state index in [2.05, 4.69) is 0 Å². The second-order valence-corrected chi connectivity index (χ2v) is 2.92. The molecule has 0 atom stereocenters. The Morgan fingerprint density at radius 3 is 2.73 bits per heavy atom. The van der Waals surface area contributed by atoms with Gasteiger partial charge in [0, 0.05) is 12.5 Å². The highest BCUT2D eigenvalue weighted by Crippen LogP contribution is 2.24. The van der Waals surface area contributed by atoms with Gasteiger partial charge >= 0.3 is 0 Å². The Hall–Kier alpha value is -1.95. The Morgan fingerprint density at radius 2 is 2.20 bits per heavy atom. The van der Waals surface area contributed by atoms with Crippen LogP contribution in [0.25, 0.3) is 0 Å². The fourth-order valence-corrected chi connectivity index (χ4v) is 1.17. The number of hydrogen-bond acceptors (Lipinski definition) is 5. The lowest BCUT2D eigenvalue weighted by Gasteiger charge is -2.01. The zero-order valence-electron chi connectivity index (χ0n) is 7.84. The Bertz CT molecular complexity index is 403. The van der Waals surface area contributed by atoms with E-state index in [-0.39, 0.29) is 30.0 Å². The van der Waals surface area contributed by atoms with E-state index in [1.807, 2.05) is 0 Å². The topological polar surface area (TPSA) is 106 Å². The molecule has 1 aromatic carbocycles. The Kier molecular flexibility index (Phi) is 3.35. The molecule has 0 saturated carbocycles. The van der Waals surface area contributed by atoms with E-state index in [1.54, 1.807) is 0 Å². The Labute approximate surface area is 85.5 Å². The second kappa shape index (κ2) is 4.52. The zero-order valence-corrected chi connectivity index (χ0v) is 7.84. The molecule has 0 unspecified atom stereocenters. The molecule has 0 aromatic heterocycles. The minimum Gasteiger partial charge on any atom is -0.508 e. The van der Waals surface area contributed by atoms with Gasteiger partial charge in [0.25, 0.3) is 5.69 Å². The van der Waals surface area contributed by atoms with E-state index < -0.39 is 10.7 Å². The third kappa shape index (κ3) is 2.50. The van der Waals surface area contributed by atoms with E-state index in [9.17, 15) is 14.9 Å². The fourth-order valence-electron chi connectivity index (χ4n) is 1.17.